The largest absolute Gasteiger partial charge is 0.493 e. The van der Waals surface area contributed by atoms with Gasteiger partial charge in [0.25, 0.3) is 5.91 Å². The molecule has 1 unspecified atom stereocenters. The molecule has 0 bridgehead atoms. The molecule has 0 saturated carbocycles. The second-order valence-electron chi connectivity index (χ2n) is 4.39. The van der Waals surface area contributed by atoms with Crippen molar-refractivity contribution in [2.24, 2.45) is 5.73 Å². The Morgan fingerprint density at radius 2 is 2.33 bits per heavy atom. The van der Waals surface area contributed by atoms with E-state index in [4.69, 9.17) is 20.9 Å². The SMILES string of the molecule is NC(=O)c1cc(N)ccc1OCCC1CCCO1. The van der Waals surface area contributed by atoms with Crippen LogP contribution in [0.15, 0.2) is 18.2 Å². The van der Waals surface area contributed by atoms with E-state index < -0.39 is 5.91 Å². The van der Waals surface area contributed by atoms with Crippen LogP contribution in [0, 0.1) is 0 Å². The summed E-state index contributed by atoms with van der Waals surface area (Å²) in [6, 6.07) is 4.89. The number of amides is 1. The van der Waals surface area contributed by atoms with Crippen LogP contribution in [0.5, 0.6) is 5.75 Å². The van der Waals surface area contributed by atoms with Crippen LogP contribution in [-0.2, 0) is 4.74 Å². The average molecular weight is 250 g/mol. The Kier molecular flexibility index (Phi) is 4.04. The predicted molar refractivity (Wildman–Crippen MR) is 68.5 cm³/mol. The van der Waals surface area contributed by atoms with Gasteiger partial charge < -0.3 is 20.9 Å². The van der Waals surface area contributed by atoms with E-state index in [0.717, 1.165) is 25.9 Å². The van der Waals surface area contributed by atoms with Gasteiger partial charge in [-0.1, -0.05) is 0 Å². The number of carbonyl (C=O) groups excluding carboxylic acids is 1. The van der Waals surface area contributed by atoms with E-state index in [1.165, 1.54) is 6.07 Å². The Morgan fingerprint density at radius 3 is 3.00 bits per heavy atom. The van der Waals surface area contributed by atoms with Gasteiger partial charge in [-0.15, -0.1) is 0 Å². The van der Waals surface area contributed by atoms with Crippen molar-refractivity contribution in [3.63, 3.8) is 0 Å². The van der Waals surface area contributed by atoms with Crippen molar-refractivity contribution in [1.29, 1.82) is 0 Å². The van der Waals surface area contributed by atoms with Gasteiger partial charge in [0, 0.05) is 18.7 Å². The zero-order valence-electron chi connectivity index (χ0n) is 10.2. The van der Waals surface area contributed by atoms with Gasteiger partial charge in [-0.2, -0.15) is 0 Å². The number of rotatable bonds is 5. The number of primary amides is 1. The summed E-state index contributed by atoms with van der Waals surface area (Å²) in [5.74, 6) is -0.0517. The van der Waals surface area contributed by atoms with E-state index in [-0.39, 0.29) is 6.10 Å². The smallest absolute Gasteiger partial charge is 0.252 e. The van der Waals surface area contributed by atoms with E-state index in [0.29, 0.717) is 23.6 Å². The maximum atomic E-state index is 11.3. The second-order valence-corrected chi connectivity index (χ2v) is 4.39. The number of ether oxygens (including phenoxy) is 2. The van der Waals surface area contributed by atoms with Crippen LogP contribution in [0.1, 0.15) is 29.6 Å². The molecule has 1 aromatic carbocycles. The molecule has 5 nitrogen and oxygen atoms in total. The summed E-state index contributed by atoms with van der Waals surface area (Å²) in [6.45, 7) is 1.34. The van der Waals surface area contributed by atoms with E-state index in [1.807, 2.05) is 0 Å². The van der Waals surface area contributed by atoms with Crippen molar-refractivity contribution < 1.29 is 14.3 Å². The number of benzene rings is 1. The summed E-state index contributed by atoms with van der Waals surface area (Å²) in [5.41, 5.74) is 11.7. The maximum Gasteiger partial charge on any atom is 0.252 e. The standard InChI is InChI=1S/C13H18N2O3/c14-9-3-4-12(11(8-9)13(15)16)18-7-5-10-2-1-6-17-10/h3-4,8,10H,1-2,5-7,14H2,(H2,15,16). The second kappa shape index (κ2) is 5.73. The third kappa shape index (κ3) is 3.13. The van der Waals surface area contributed by atoms with Gasteiger partial charge in [-0.05, 0) is 31.0 Å². The first-order chi connectivity index (χ1) is 8.66. The summed E-state index contributed by atoms with van der Waals surface area (Å²) >= 11 is 0. The molecular weight excluding hydrogens is 232 g/mol. The first-order valence-corrected chi connectivity index (χ1v) is 6.10. The molecule has 1 aliphatic heterocycles. The molecule has 1 atom stereocenters. The minimum Gasteiger partial charge on any atom is -0.493 e. The summed E-state index contributed by atoms with van der Waals surface area (Å²) < 4.78 is 11.1. The number of hydrogen-bond acceptors (Lipinski definition) is 4. The maximum absolute atomic E-state index is 11.3. The number of nitrogen functional groups attached to an aromatic ring is 1. The van der Waals surface area contributed by atoms with E-state index >= 15 is 0 Å². The van der Waals surface area contributed by atoms with Gasteiger partial charge in [0.05, 0.1) is 18.3 Å². The number of nitrogens with two attached hydrogens (primary N) is 2. The van der Waals surface area contributed by atoms with Crippen LogP contribution in [0.25, 0.3) is 0 Å². The Bertz CT molecular complexity index is 428. The van der Waals surface area contributed by atoms with Gasteiger partial charge >= 0.3 is 0 Å². The van der Waals surface area contributed by atoms with E-state index in [1.54, 1.807) is 12.1 Å². The van der Waals surface area contributed by atoms with Crippen LogP contribution in [0.3, 0.4) is 0 Å². The van der Waals surface area contributed by atoms with E-state index in [2.05, 4.69) is 0 Å². The Balaban J connectivity index is 1.93. The third-order valence-corrected chi connectivity index (χ3v) is 2.99. The zero-order chi connectivity index (χ0) is 13.0. The van der Waals surface area contributed by atoms with Crippen molar-refractivity contribution in [3.8, 4) is 5.75 Å². The lowest BCUT2D eigenvalue weighted by molar-refractivity contribution is 0.0897. The molecule has 0 radical (unpaired) electrons. The molecule has 1 heterocycles. The summed E-state index contributed by atoms with van der Waals surface area (Å²) in [4.78, 5) is 11.3. The molecular formula is C13H18N2O3. The third-order valence-electron chi connectivity index (χ3n) is 2.99. The summed E-state index contributed by atoms with van der Waals surface area (Å²) in [7, 11) is 0. The van der Waals surface area contributed by atoms with Crippen LogP contribution in [-0.4, -0.2) is 25.2 Å². The predicted octanol–water partition coefficient (Wildman–Crippen LogP) is 1.32. The molecule has 4 N–H and O–H groups in total. The molecule has 1 saturated heterocycles. The molecule has 1 aromatic rings. The van der Waals surface area contributed by atoms with Crippen molar-refractivity contribution in [3.05, 3.63) is 23.8 Å². The molecule has 2 rings (SSSR count). The highest BCUT2D eigenvalue weighted by atomic mass is 16.5. The normalized spacial score (nSPS) is 18.8. The van der Waals surface area contributed by atoms with Gasteiger partial charge in [0.1, 0.15) is 5.75 Å². The topological polar surface area (TPSA) is 87.6 Å². The molecule has 1 fully saturated rings. The van der Waals surface area contributed by atoms with Crippen molar-refractivity contribution in [2.75, 3.05) is 18.9 Å². The highest BCUT2D eigenvalue weighted by molar-refractivity contribution is 5.96. The Labute approximate surface area is 106 Å². The van der Waals surface area contributed by atoms with Crippen molar-refractivity contribution >= 4 is 11.6 Å². The minimum absolute atomic E-state index is 0.274. The number of carbonyl (C=O) groups is 1. The molecule has 0 aliphatic carbocycles. The Hall–Kier alpha value is -1.75. The quantitative estimate of drug-likeness (QED) is 0.771. The highest BCUT2D eigenvalue weighted by Gasteiger charge is 2.16. The van der Waals surface area contributed by atoms with Crippen LogP contribution in [0.4, 0.5) is 5.69 Å². The molecule has 18 heavy (non-hydrogen) atoms. The zero-order valence-corrected chi connectivity index (χ0v) is 10.2. The minimum atomic E-state index is -0.533. The number of anilines is 1. The molecule has 5 heteroatoms. The van der Waals surface area contributed by atoms with E-state index in [9.17, 15) is 4.79 Å². The fourth-order valence-electron chi connectivity index (χ4n) is 2.04. The van der Waals surface area contributed by atoms with Crippen molar-refractivity contribution in [2.45, 2.75) is 25.4 Å². The fraction of sp³-hybridized carbons (Fsp3) is 0.462. The summed E-state index contributed by atoms with van der Waals surface area (Å²) in [6.07, 6.45) is 3.28. The molecule has 0 aromatic heterocycles. The molecule has 1 amide bonds. The molecule has 1 aliphatic rings. The highest BCUT2D eigenvalue weighted by Crippen LogP contribution is 2.22. The summed E-state index contributed by atoms with van der Waals surface area (Å²) in [5, 5.41) is 0. The monoisotopic (exact) mass is 250 g/mol. The average Bonchev–Trinajstić information content (AvgIpc) is 2.84. The Morgan fingerprint density at radius 1 is 1.50 bits per heavy atom. The van der Waals surface area contributed by atoms with Crippen molar-refractivity contribution in [1.82, 2.24) is 0 Å². The van der Waals surface area contributed by atoms with Crippen LogP contribution < -0.4 is 16.2 Å². The lowest BCUT2D eigenvalue weighted by Gasteiger charge is -2.12. The molecule has 0 spiro atoms. The lowest BCUT2D eigenvalue weighted by atomic mass is 10.1. The van der Waals surface area contributed by atoms with Crippen LogP contribution >= 0.6 is 0 Å². The number of hydrogen-bond donors (Lipinski definition) is 2. The van der Waals surface area contributed by atoms with Gasteiger partial charge in [0.15, 0.2) is 0 Å². The van der Waals surface area contributed by atoms with Gasteiger partial charge in [0.2, 0.25) is 0 Å². The van der Waals surface area contributed by atoms with Crippen LogP contribution in [0.2, 0.25) is 0 Å². The fourth-order valence-corrected chi connectivity index (χ4v) is 2.04. The first-order valence-electron chi connectivity index (χ1n) is 6.10. The first kappa shape index (κ1) is 12.7. The van der Waals surface area contributed by atoms with Gasteiger partial charge in [-0.3, -0.25) is 4.79 Å². The van der Waals surface area contributed by atoms with Gasteiger partial charge in [-0.25, -0.2) is 0 Å². The molecule has 98 valence electrons. The lowest BCUT2D eigenvalue weighted by Crippen LogP contribution is -2.15.